The molecule has 0 bridgehead atoms. The number of ether oxygens (including phenoxy) is 2. The zero-order valence-electron chi connectivity index (χ0n) is 12.0. The van der Waals surface area contributed by atoms with Crippen LogP contribution in [0.15, 0.2) is 6.33 Å². The average Bonchev–Trinajstić information content (AvgIpc) is 2.52. The third-order valence-electron chi connectivity index (χ3n) is 3.41. The Balaban J connectivity index is 2.03. The van der Waals surface area contributed by atoms with Crippen LogP contribution in [0.5, 0.6) is 5.75 Å². The van der Waals surface area contributed by atoms with E-state index in [2.05, 4.69) is 20.2 Å². The minimum atomic E-state index is 0.0749. The molecule has 1 aromatic rings. The Kier molecular flexibility index (Phi) is 5.37. The maximum absolute atomic E-state index is 8.78. The van der Waals surface area contributed by atoms with E-state index in [9.17, 15) is 0 Å². The Hall–Kier alpha value is -1.60. The van der Waals surface area contributed by atoms with Crippen LogP contribution >= 0.6 is 0 Å². The van der Waals surface area contributed by atoms with Crippen LogP contribution in [0.4, 0.5) is 11.6 Å². The number of aromatic nitrogens is 2. The summed E-state index contributed by atoms with van der Waals surface area (Å²) in [5, 5.41) is 11.8. The number of aliphatic hydroxyl groups is 1. The molecule has 7 heteroatoms. The van der Waals surface area contributed by atoms with Crippen molar-refractivity contribution in [3.05, 3.63) is 6.33 Å². The van der Waals surface area contributed by atoms with Gasteiger partial charge in [0.1, 0.15) is 6.33 Å². The Bertz CT molecular complexity index is 422. The Labute approximate surface area is 118 Å². The van der Waals surface area contributed by atoms with Crippen LogP contribution in [0, 0.1) is 0 Å². The van der Waals surface area contributed by atoms with E-state index in [1.165, 1.54) is 6.33 Å². The SMILES string of the molecule is CNc1ncnc(N2CCC(OCCO)CC2)c1OC. The summed E-state index contributed by atoms with van der Waals surface area (Å²) in [4.78, 5) is 10.7. The average molecular weight is 282 g/mol. The molecular formula is C13H22N4O3. The number of piperidine rings is 1. The van der Waals surface area contributed by atoms with Gasteiger partial charge in [0, 0.05) is 20.1 Å². The van der Waals surface area contributed by atoms with Gasteiger partial charge in [-0.15, -0.1) is 0 Å². The molecule has 0 saturated carbocycles. The number of aliphatic hydroxyl groups excluding tert-OH is 1. The lowest BCUT2D eigenvalue weighted by molar-refractivity contribution is 0.0158. The number of hydrogen-bond acceptors (Lipinski definition) is 7. The molecule has 1 aromatic heterocycles. The summed E-state index contributed by atoms with van der Waals surface area (Å²) in [5.74, 6) is 2.17. The highest BCUT2D eigenvalue weighted by molar-refractivity contribution is 5.64. The van der Waals surface area contributed by atoms with Crippen molar-refractivity contribution in [2.75, 3.05) is 50.7 Å². The van der Waals surface area contributed by atoms with Gasteiger partial charge in [-0.05, 0) is 12.8 Å². The number of anilines is 2. The van der Waals surface area contributed by atoms with Crippen molar-refractivity contribution in [2.24, 2.45) is 0 Å². The van der Waals surface area contributed by atoms with Crippen LogP contribution in [0.25, 0.3) is 0 Å². The summed E-state index contributed by atoms with van der Waals surface area (Å²) in [5.41, 5.74) is 0. The topological polar surface area (TPSA) is 79.7 Å². The van der Waals surface area contributed by atoms with E-state index in [-0.39, 0.29) is 12.7 Å². The lowest BCUT2D eigenvalue weighted by atomic mass is 10.1. The third-order valence-corrected chi connectivity index (χ3v) is 3.41. The second kappa shape index (κ2) is 7.25. The first kappa shape index (κ1) is 14.8. The monoisotopic (exact) mass is 282 g/mol. The van der Waals surface area contributed by atoms with Crippen molar-refractivity contribution in [3.8, 4) is 5.75 Å². The first-order valence-electron chi connectivity index (χ1n) is 6.84. The molecule has 0 radical (unpaired) electrons. The van der Waals surface area contributed by atoms with Crippen LogP contribution in [0.3, 0.4) is 0 Å². The fourth-order valence-corrected chi connectivity index (χ4v) is 2.41. The second-order valence-corrected chi connectivity index (χ2v) is 4.61. The molecule has 0 aromatic carbocycles. The van der Waals surface area contributed by atoms with Gasteiger partial charge in [-0.1, -0.05) is 0 Å². The summed E-state index contributed by atoms with van der Waals surface area (Å²) in [6, 6.07) is 0. The lowest BCUT2D eigenvalue weighted by Gasteiger charge is -2.33. The predicted octanol–water partition coefficient (Wildman–Crippen LogP) is 0.505. The van der Waals surface area contributed by atoms with Gasteiger partial charge >= 0.3 is 0 Å². The van der Waals surface area contributed by atoms with Crippen LogP contribution in [-0.2, 0) is 4.74 Å². The molecule has 0 amide bonds. The molecule has 1 saturated heterocycles. The van der Waals surface area contributed by atoms with Crippen molar-refractivity contribution in [2.45, 2.75) is 18.9 Å². The van der Waals surface area contributed by atoms with Crippen LogP contribution in [0.1, 0.15) is 12.8 Å². The Morgan fingerprint density at radius 3 is 2.75 bits per heavy atom. The van der Waals surface area contributed by atoms with Crippen LogP contribution < -0.4 is 15.0 Å². The predicted molar refractivity (Wildman–Crippen MR) is 76.4 cm³/mol. The van der Waals surface area contributed by atoms with Crippen molar-refractivity contribution < 1.29 is 14.6 Å². The molecule has 1 fully saturated rings. The maximum atomic E-state index is 8.78. The van der Waals surface area contributed by atoms with E-state index in [1.54, 1.807) is 7.11 Å². The molecule has 2 rings (SSSR count). The fraction of sp³-hybridized carbons (Fsp3) is 0.692. The Morgan fingerprint density at radius 2 is 2.15 bits per heavy atom. The number of hydrogen-bond donors (Lipinski definition) is 2. The van der Waals surface area contributed by atoms with E-state index in [0.29, 0.717) is 18.2 Å². The normalized spacial score (nSPS) is 16.2. The van der Waals surface area contributed by atoms with E-state index in [4.69, 9.17) is 14.6 Å². The summed E-state index contributed by atoms with van der Waals surface area (Å²) in [6.07, 6.45) is 3.59. The number of methoxy groups -OCH3 is 1. The summed E-state index contributed by atoms with van der Waals surface area (Å²) >= 11 is 0. The largest absolute Gasteiger partial charge is 0.490 e. The zero-order valence-corrected chi connectivity index (χ0v) is 12.0. The van der Waals surface area contributed by atoms with E-state index < -0.39 is 0 Å². The lowest BCUT2D eigenvalue weighted by Crippen LogP contribution is -2.38. The van der Waals surface area contributed by atoms with Gasteiger partial charge in [-0.3, -0.25) is 0 Å². The zero-order chi connectivity index (χ0) is 14.4. The molecule has 20 heavy (non-hydrogen) atoms. The molecule has 0 spiro atoms. The highest BCUT2D eigenvalue weighted by Crippen LogP contribution is 2.33. The Morgan fingerprint density at radius 1 is 1.40 bits per heavy atom. The number of nitrogens with one attached hydrogen (secondary N) is 1. The van der Waals surface area contributed by atoms with E-state index >= 15 is 0 Å². The maximum Gasteiger partial charge on any atom is 0.204 e. The smallest absolute Gasteiger partial charge is 0.204 e. The highest BCUT2D eigenvalue weighted by atomic mass is 16.5. The molecular weight excluding hydrogens is 260 g/mol. The molecule has 0 atom stereocenters. The summed E-state index contributed by atoms with van der Waals surface area (Å²) in [6.45, 7) is 2.19. The molecule has 0 aliphatic carbocycles. The molecule has 112 valence electrons. The van der Waals surface area contributed by atoms with Crippen molar-refractivity contribution in [3.63, 3.8) is 0 Å². The van der Waals surface area contributed by atoms with Gasteiger partial charge in [-0.2, -0.15) is 0 Å². The van der Waals surface area contributed by atoms with Crippen molar-refractivity contribution in [1.29, 1.82) is 0 Å². The van der Waals surface area contributed by atoms with Gasteiger partial charge in [-0.25, -0.2) is 9.97 Å². The van der Waals surface area contributed by atoms with E-state index in [1.807, 2.05) is 7.05 Å². The molecule has 2 N–H and O–H groups in total. The fourth-order valence-electron chi connectivity index (χ4n) is 2.41. The summed E-state index contributed by atoms with van der Waals surface area (Å²) < 4.78 is 11.0. The first-order valence-corrected chi connectivity index (χ1v) is 6.84. The van der Waals surface area contributed by atoms with Gasteiger partial charge in [0.25, 0.3) is 0 Å². The number of nitrogens with zero attached hydrogens (tertiary/aromatic N) is 3. The minimum absolute atomic E-state index is 0.0749. The molecule has 1 aliphatic rings. The molecule has 0 unspecified atom stereocenters. The van der Waals surface area contributed by atoms with Crippen molar-refractivity contribution in [1.82, 2.24) is 9.97 Å². The highest BCUT2D eigenvalue weighted by Gasteiger charge is 2.24. The minimum Gasteiger partial charge on any atom is -0.490 e. The second-order valence-electron chi connectivity index (χ2n) is 4.61. The van der Waals surface area contributed by atoms with E-state index in [0.717, 1.165) is 31.7 Å². The van der Waals surface area contributed by atoms with Crippen molar-refractivity contribution >= 4 is 11.6 Å². The van der Waals surface area contributed by atoms with Gasteiger partial charge in [0.05, 0.1) is 26.4 Å². The van der Waals surface area contributed by atoms with Gasteiger partial charge < -0.3 is 24.8 Å². The first-order chi connectivity index (χ1) is 9.80. The van der Waals surface area contributed by atoms with Crippen LogP contribution in [-0.4, -0.2) is 61.6 Å². The standard InChI is InChI=1S/C13H22N4O3/c1-14-12-11(19-2)13(16-9-15-12)17-5-3-10(4-6-17)20-8-7-18/h9-10,18H,3-8H2,1-2H3,(H,14,15,16). The quantitative estimate of drug-likeness (QED) is 0.786. The third kappa shape index (κ3) is 3.29. The number of rotatable bonds is 6. The molecule has 2 heterocycles. The molecule has 7 nitrogen and oxygen atoms in total. The summed E-state index contributed by atoms with van der Waals surface area (Å²) in [7, 11) is 3.43. The van der Waals surface area contributed by atoms with Crippen LogP contribution in [0.2, 0.25) is 0 Å². The van der Waals surface area contributed by atoms with Gasteiger partial charge in [0.2, 0.25) is 5.75 Å². The van der Waals surface area contributed by atoms with Gasteiger partial charge in [0.15, 0.2) is 11.6 Å². The molecule has 1 aliphatic heterocycles.